The summed E-state index contributed by atoms with van der Waals surface area (Å²) < 4.78 is 5.36. The molecule has 2 rings (SSSR count). The van der Waals surface area contributed by atoms with E-state index in [2.05, 4.69) is 10.3 Å². The zero-order valence-electron chi connectivity index (χ0n) is 13.6. The molecule has 0 spiro atoms. The van der Waals surface area contributed by atoms with E-state index in [1.165, 1.54) is 12.3 Å². The predicted molar refractivity (Wildman–Crippen MR) is 85.3 cm³/mol. The fraction of sp³-hybridized carbons (Fsp3) is 0.600. The standard InChI is InChI=1S/C15H22N4O4/c1-15(2,3)23-14(20)18-8-6-11(7-9-18)17-12-4-5-13(16-10-12)19(21)22/h4-5,10-11,17H,6-9H2,1-3H3. The van der Waals surface area contributed by atoms with Gasteiger partial charge in [-0.1, -0.05) is 0 Å². The molecule has 2 heterocycles. The van der Waals surface area contributed by atoms with E-state index < -0.39 is 10.5 Å². The van der Waals surface area contributed by atoms with Crippen molar-refractivity contribution in [3.05, 3.63) is 28.4 Å². The first-order valence-electron chi connectivity index (χ1n) is 7.59. The quantitative estimate of drug-likeness (QED) is 0.679. The molecule has 0 aliphatic carbocycles. The summed E-state index contributed by atoms with van der Waals surface area (Å²) >= 11 is 0. The van der Waals surface area contributed by atoms with Crippen LogP contribution in [0.2, 0.25) is 0 Å². The first-order valence-corrected chi connectivity index (χ1v) is 7.59. The number of pyridine rings is 1. The van der Waals surface area contributed by atoms with Crippen molar-refractivity contribution in [2.24, 2.45) is 0 Å². The van der Waals surface area contributed by atoms with Gasteiger partial charge in [0.25, 0.3) is 0 Å². The van der Waals surface area contributed by atoms with Crippen LogP contribution in [0.4, 0.5) is 16.3 Å². The molecule has 1 aliphatic heterocycles. The van der Waals surface area contributed by atoms with Crippen molar-refractivity contribution < 1.29 is 14.5 Å². The van der Waals surface area contributed by atoms with Crippen LogP contribution in [0, 0.1) is 10.1 Å². The zero-order chi connectivity index (χ0) is 17.0. The number of hydrogen-bond acceptors (Lipinski definition) is 6. The average Bonchev–Trinajstić information content (AvgIpc) is 2.46. The third-order valence-corrected chi connectivity index (χ3v) is 3.45. The molecule has 23 heavy (non-hydrogen) atoms. The molecule has 1 aromatic heterocycles. The van der Waals surface area contributed by atoms with Crippen LogP contribution in [0.1, 0.15) is 33.6 Å². The molecule has 0 saturated carbocycles. The summed E-state index contributed by atoms with van der Waals surface area (Å²) in [5, 5.41) is 13.9. The van der Waals surface area contributed by atoms with Crippen molar-refractivity contribution in [3.8, 4) is 0 Å². The number of piperidine rings is 1. The van der Waals surface area contributed by atoms with Gasteiger partial charge in [0, 0.05) is 25.2 Å². The lowest BCUT2D eigenvalue weighted by molar-refractivity contribution is -0.389. The van der Waals surface area contributed by atoms with Crippen LogP contribution in [0.3, 0.4) is 0 Å². The highest BCUT2D eigenvalue weighted by Gasteiger charge is 2.26. The monoisotopic (exact) mass is 322 g/mol. The topological polar surface area (TPSA) is 97.6 Å². The Morgan fingerprint density at radius 1 is 1.39 bits per heavy atom. The molecule has 1 aromatic rings. The molecule has 0 unspecified atom stereocenters. The highest BCUT2D eigenvalue weighted by atomic mass is 16.6. The second-order valence-corrected chi connectivity index (χ2v) is 6.55. The van der Waals surface area contributed by atoms with E-state index in [0.717, 1.165) is 18.5 Å². The van der Waals surface area contributed by atoms with Gasteiger partial charge in [0.05, 0.1) is 5.69 Å². The molecule has 8 heteroatoms. The third kappa shape index (κ3) is 5.08. The maximum Gasteiger partial charge on any atom is 0.410 e. The molecule has 0 atom stereocenters. The molecule has 0 radical (unpaired) electrons. The molecule has 1 amide bonds. The molecule has 0 aromatic carbocycles. The second kappa shape index (κ2) is 6.80. The van der Waals surface area contributed by atoms with Gasteiger partial charge in [-0.25, -0.2) is 4.79 Å². The average molecular weight is 322 g/mol. The van der Waals surface area contributed by atoms with E-state index in [1.807, 2.05) is 20.8 Å². The lowest BCUT2D eigenvalue weighted by Gasteiger charge is -2.33. The minimum absolute atomic E-state index is 0.171. The molecule has 1 saturated heterocycles. The summed E-state index contributed by atoms with van der Waals surface area (Å²) in [6.07, 6.45) is 2.75. The summed E-state index contributed by atoms with van der Waals surface area (Å²) in [4.78, 5) is 27.5. The number of nitro groups is 1. The molecule has 1 aliphatic rings. The SMILES string of the molecule is CC(C)(C)OC(=O)N1CCC(Nc2ccc([N+](=O)[O-])nc2)CC1. The lowest BCUT2D eigenvalue weighted by atomic mass is 10.1. The fourth-order valence-corrected chi connectivity index (χ4v) is 2.35. The zero-order valence-corrected chi connectivity index (χ0v) is 13.6. The van der Waals surface area contributed by atoms with Crippen molar-refractivity contribution in [2.45, 2.75) is 45.3 Å². The van der Waals surface area contributed by atoms with Crippen molar-refractivity contribution >= 4 is 17.6 Å². The van der Waals surface area contributed by atoms with E-state index >= 15 is 0 Å². The van der Waals surface area contributed by atoms with Crippen LogP contribution in [0.5, 0.6) is 0 Å². The summed E-state index contributed by atoms with van der Waals surface area (Å²) in [5.74, 6) is -0.171. The highest BCUT2D eigenvalue weighted by Crippen LogP contribution is 2.19. The summed E-state index contributed by atoms with van der Waals surface area (Å²) in [7, 11) is 0. The molecule has 1 fully saturated rings. The van der Waals surface area contributed by atoms with E-state index in [0.29, 0.717) is 13.1 Å². The Bertz CT molecular complexity index is 560. The van der Waals surface area contributed by atoms with Crippen LogP contribution < -0.4 is 5.32 Å². The Labute approximate surface area is 135 Å². The minimum Gasteiger partial charge on any atom is -0.444 e. The number of nitrogens with one attached hydrogen (secondary N) is 1. The molecule has 1 N–H and O–H groups in total. The van der Waals surface area contributed by atoms with Gasteiger partial charge in [-0.05, 0) is 49.6 Å². The van der Waals surface area contributed by atoms with Gasteiger partial charge >= 0.3 is 11.9 Å². The van der Waals surface area contributed by atoms with Crippen molar-refractivity contribution in [2.75, 3.05) is 18.4 Å². The number of carbonyl (C=O) groups is 1. The lowest BCUT2D eigenvalue weighted by Crippen LogP contribution is -2.44. The Kier molecular flexibility index (Phi) is 5.02. The first-order chi connectivity index (χ1) is 10.7. The number of rotatable bonds is 3. The van der Waals surface area contributed by atoms with E-state index in [1.54, 1.807) is 11.0 Å². The number of amides is 1. The van der Waals surface area contributed by atoms with Crippen LogP contribution in [0.15, 0.2) is 18.3 Å². The van der Waals surface area contributed by atoms with Gasteiger partial charge in [0.1, 0.15) is 5.60 Å². The smallest absolute Gasteiger partial charge is 0.410 e. The molecule has 0 bridgehead atoms. The van der Waals surface area contributed by atoms with Crippen LogP contribution in [-0.4, -0.2) is 45.6 Å². The fourth-order valence-electron chi connectivity index (χ4n) is 2.35. The Morgan fingerprint density at radius 3 is 2.52 bits per heavy atom. The minimum atomic E-state index is -0.525. The number of hydrogen-bond donors (Lipinski definition) is 1. The molecule has 8 nitrogen and oxygen atoms in total. The molecular weight excluding hydrogens is 300 g/mol. The number of likely N-dealkylation sites (tertiary alicyclic amines) is 1. The Morgan fingerprint density at radius 2 is 2.04 bits per heavy atom. The number of aromatic nitrogens is 1. The second-order valence-electron chi connectivity index (χ2n) is 6.55. The largest absolute Gasteiger partial charge is 0.444 e. The number of ether oxygens (including phenoxy) is 1. The van der Waals surface area contributed by atoms with Gasteiger partial charge < -0.3 is 25.1 Å². The van der Waals surface area contributed by atoms with Gasteiger partial charge in [-0.2, -0.15) is 0 Å². The Balaban J connectivity index is 1.82. The van der Waals surface area contributed by atoms with Gasteiger partial charge in [-0.15, -0.1) is 0 Å². The van der Waals surface area contributed by atoms with Crippen LogP contribution in [0.25, 0.3) is 0 Å². The predicted octanol–water partition coefficient (Wildman–Crippen LogP) is 2.80. The first kappa shape index (κ1) is 17.0. The maximum absolute atomic E-state index is 12.0. The normalized spacial score (nSPS) is 16.0. The van der Waals surface area contributed by atoms with E-state index in [9.17, 15) is 14.9 Å². The third-order valence-electron chi connectivity index (χ3n) is 3.45. The highest BCUT2D eigenvalue weighted by molar-refractivity contribution is 5.68. The number of carbonyl (C=O) groups excluding carboxylic acids is 1. The number of nitrogens with zero attached hydrogens (tertiary/aromatic N) is 3. The van der Waals surface area contributed by atoms with Gasteiger partial charge in [-0.3, -0.25) is 0 Å². The number of anilines is 1. The molecule has 126 valence electrons. The maximum atomic E-state index is 12.0. The van der Waals surface area contributed by atoms with Gasteiger partial charge in [0.2, 0.25) is 0 Å². The van der Waals surface area contributed by atoms with Crippen molar-refractivity contribution in [3.63, 3.8) is 0 Å². The summed E-state index contributed by atoms with van der Waals surface area (Å²) in [6, 6.07) is 3.22. The summed E-state index contributed by atoms with van der Waals surface area (Å²) in [5.41, 5.74) is 0.252. The molecular formula is C15H22N4O4. The van der Waals surface area contributed by atoms with Gasteiger partial charge in [0.15, 0.2) is 6.20 Å². The van der Waals surface area contributed by atoms with Crippen LogP contribution in [-0.2, 0) is 4.74 Å². The summed E-state index contributed by atoms with van der Waals surface area (Å²) in [6.45, 7) is 6.78. The Hall–Kier alpha value is -2.38. The van der Waals surface area contributed by atoms with E-state index in [4.69, 9.17) is 4.74 Å². The van der Waals surface area contributed by atoms with E-state index in [-0.39, 0.29) is 18.0 Å². The van der Waals surface area contributed by atoms with Crippen molar-refractivity contribution in [1.29, 1.82) is 0 Å². The van der Waals surface area contributed by atoms with Crippen LogP contribution >= 0.6 is 0 Å². The van der Waals surface area contributed by atoms with Crippen molar-refractivity contribution in [1.82, 2.24) is 9.88 Å².